The Bertz CT molecular complexity index is 411. The quantitative estimate of drug-likeness (QED) is 0.781. The fourth-order valence-electron chi connectivity index (χ4n) is 1.95. The summed E-state index contributed by atoms with van der Waals surface area (Å²) in [5.41, 5.74) is 5.65. The van der Waals surface area contributed by atoms with Gasteiger partial charge in [0.15, 0.2) is 0 Å². The first kappa shape index (κ1) is 15.3. The van der Waals surface area contributed by atoms with E-state index >= 15 is 0 Å². The summed E-state index contributed by atoms with van der Waals surface area (Å²) < 4.78 is 0. The molecule has 0 aliphatic rings. The number of carbonyl (C=O) groups excluding carboxylic acids is 1. The average Bonchev–Trinajstić information content (AvgIpc) is 2.58. The summed E-state index contributed by atoms with van der Waals surface area (Å²) in [7, 11) is 0. The number of aromatic amines is 1. The highest BCUT2D eigenvalue weighted by Crippen LogP contribution is 2.22. The first-order chi connectivity index (χ1) is 8.27. The van der Waals surface area contributed by atoms with E-state index in [0.717, 1.165) is 6.42 Å². The molecule has 0 saturated heterocycles. The summed E-state index contributed by atoms with van der Waals surface area (Å²) in [5.74, 6) is 0.187. The van der Waals surface area contributed by atoms with Crippen LogP contribution in [0.2, 0.25) is 10.2 Å². The van der Waals surface area contributed by atoms with E-state index in [1.54, 1.807) is 0 Å². The fourth-order valence-corrected chi connectivity index (χ4v) is 2.27. The van der Waals surface area contributed by atoms with E-state index in [-0.39, 0.29) is 11.1 Å². The Morgan fingerprint density at radius 3 is 2.56 bits per heavy atom. The number of amides is 1. The molecule has 1 heterocycles. The van der Waals surface area contributed by atoms with E-state index in [9.17, 15) is 4.79 Å². The van der Waals surface area contributed by atoms with Gasteiger partial charge >= 0.3 is 0 Å². The van der Waals surface area contributed by atoms with Gasteiger partial charge in [0.05, 0.1) is 10.6 Å². The van der Waals surface area contributed by atoms with Crippen LogP contribution in [-0.2, 0) is 0 Å². The molecular formula is C12H19Cl2N3O. The number of hydrogen-bond acceptors (Lipinski definition) is 2. The van der Waals surface area contributed by atoms with Crippen LogP contribution in [0.4, 0.5) is 0 Å². The van der Waals surface area contributed by atoms with Crippen molar-refractivity contribution in [3.63, 3.8) is 0 Å². The molecule has 0 aliphatic heterocycles. The molecule has 0 aromatic carbocycles. The maximum atomic E-state index is 12.1. The Labute approximate surface area is 117 Å². The summed E-state index contributed by atoms with van der Waals surface area (Å²) in [4.78, 5) is 14.8. The summed E-state index contributed by atoms with van der Waals surface area (Å²) in [6, 6.07) is 1.51. The standard InChI is InChI=1S/C12H19Cl2N3O/c1-7(2)5-12(3,6-15)17-11(18)9-4-8(13)10(14)16-9/h4,7,16H,5-6,15H2,1-3H3,(H,17,18)/t12-/m0/s1. The van der Waals surface area contributed by atoms with Crippen LogP contribution in [0.15, 0.2) is 6.07 Å². The Balaban J connectivity index is 2.79. The topological polar surface area (TPSA) is 70.9 Å². The molecule has 6 heteroatoms. The SMILES string of the molecule is CC(C)C[C@@](C)(CN)NC(=O)c1cc(Cl)c(Cl)[nH]1. The summed E-state index contributed by atoms with van der Waals surface area (Å²) in [5, 5.41) is 3.52. The third-order valence-electron chi connectivity index (χ3n) is 2.69. The van der Waals surface area contributed by atoms with Crippen LogP contribution < -0.4 is 11.1 Å². The van der Waals surface area contributed by atoms with Crippen LogP contribution in [0, 0.1) is 5.92 Å². The lowest BCUT2D eigenvalue weighted by Gasteiger charge is -2.31. The first-order valence-corrected chi connectivity index (χ1v) is 6.59. The van der Waals surface area contributed by atoms with E-state index in [2.05, 4.69) is 24.1 Å². The van der Waals surface area contributed by atoms with E-state index in [4.69, 9.17) is 28.9 Å². The third kappa shape index (κ3) is 3.90. The number of halogens is 2. The van der Waals surface area contributed by atoms with Crippen molar-refractivity contribution in [2.45, 2.75) is 32.7 Å². The lowest BCUT2D eigenvalue weighted by atomic mass is 9.90. The smallest absolute Gasteiger partial charge is 0.268 e. The van der Waals surface area contributed by atoms with Gasteiger partial charge < -0.3 is 16.0 Å². The molecule has 1 aromatic rings. The normalized spacial score (nSPS) is 14.6. The Morgan fingerprint density at radius 2 is 2.17 bits per heavy atom. The zero-order chi connectivity index (χ0) is 13.9. The van der Waals surface area contributed by atoms with Gasteiger partial charge in [0.2, 0.25) is 0 Å². The van der Waals surface area contributed by atoms with Crippen LogP contribution in [0.5, 0.6) is 0 Å². The van der Waals surface area contributed by atoms with E-state index < -0.39 is 5.54 Å². The van der Waals surface area contributed by atoms with Crippen molar-refractivity contribution >= 4 is 29.1 Å². The van der Waals surface area contributed by atoms with Crippen LogP contribution in [-0.4, -0.2) is 23.0 Å². The predicted molar refractivity (Wildman–Crippen MR) is 75.2 cm³/mol. The molecule has 4 N–H and O–H groups in total. The first-order valence-electron chi connectivity index (χ1n) is 5.84. The molecule has 0 bridgehead atoms. The number of rotatable bonds is 5. The minimum atomic E-state index is -0.435. The summed E-state index contributed by atoms with van der Waals surface area (Å²) >= 11 is 11.6. The molecule has 0 radical (unpaired) electrons. The molecule has 1 aromatic heterocycles. The second-order valence-electron chi connectivity index (χ2n) is 5.16. The molecule has 0 saturated carbocycles. The molecule has 102 valence electrons. The Morgan fingerprint density at radius 1 is 1.56 bits per heavy atom. The van der Waals surface area contributed by atoms with Crippen LogP contribution in [0.3, 0.4) is 0 Å². The Hall–Kier alpha value is -0.710. The molecule has 18 heavy (non-hydrogen) atoms. The number of H-pyrrole nitrogens is 1. The number of nitrogens with two attached hydrogens (primary N) is 1. The molecular weight excluding hydrogens is 273 g/mol. The van der Waals surface area contributed by atoms with Crippen molar-refractivity contribution in [3.8, 4) is 0 Å². The second-order valence-corrected chi connectivity index (χ2v) is 5.95. The minimum absolute atomic E-state index is 0.252. The maximum absolute atomic E-state index is 12.1. The molecule has 0 spiro atoms. The Kier molecular flexibility index (Phi) is 5.08. The summed E-state index contributed by atoms with van der Waals surface area (Å²) in [6.45, 7) is 6.47. The molecule has 1 atom stereocenters. The van der Waals surface area contributed by atoms with Gasteiger partial charge in [-0.2, -0.15) is 0 Å². The van der Waals surface area contributed by atoms with Crippen molar-refractivity contribution in [3.05, 3.63) is 21.9 Å². The molecule has 0 aliphatic carbocycles. The van der Waals surface area contributed by atoms with E-state index in [1.165, 1.54) is 6.07 Å². The van der Waals surface area contributed by atoms with Crippen molar-refractivity contribution in [1.82, 2.24) is 10.3 Å². The van der Waals surface area contributed by atoms with Crippen LogP contribution in [0.1, 0.15) is 37.7 Å². The van der Waals surface area contributed by atoms with Crippen molar-refractivity contribution < 1.29 is 4.79 Å². The highest BCUT2D eigenvalue weighted by molar-refractivity contribution is 6.41. The number of carbonyl (C=O) groups is 1. The molecule has 0 fully saturated rings. The molecule has 4 nitrogen and oxygen atoms in total. The van der Waals surface area contributed by atoms with Gasteiger partial charge in [-0.15, -0.1) is 0 Å². The van der Waals surface area contributed by atoms with E-state index in [1.807, 2.05) is 6.92 Å². The van der Waals surface area contributed by atoms with Gasteiger partial charge in [0, 0.05) is 6.54 Å². The van der Waals surface area contributed by atoms with Crippen LogP contribution >= 0.6 is 23.2 Å². The van der Waals surface area contributed by atoms with Crippen molar-refractivity contribution in [1.29, 1.82) is 0 Å². The number of nitrogens with one attached hydrogen (secondary N) is 2. The molecule has 1 amide bonds. The third-order valence-corrected chi connectivity index (χ3v) is 3.39. The monoisotopic (exact) mass is 291 g/mol. The van der Waals surface area contributed by atoms with Gasteiger partial charge in [0.1, 0.15) is 10.8 Å². The highest BCUT2D eigenvalue weighted by Gasteiger charge is 2.27. The van der Waals surface area contributed by atoms with Gasteiger partial charge in [0.25, 0.3) is 5.91 Å². The zero-order valence-corrected chi connectivity index (χ0v) is 12.3. The largest absolute Gasteiger partial charge is 0.344 e. The van der Waals surface area contributed by atoms with Crippen LogP contribution in [0.25, 0.3) is 0 Å². The van der Waals surface area contributed by atoms with Gasteiger partial charge in [-0.25, -0.2) is 0 Å². The van der Waals surface area contributed by atoms with Gasteiger partial charge in [-0.3, -0.25) is 4.79 Å². The fraction of sp³-hybridized carbons (Fsp3) is 0.583. The predicted octanol–water partition coefficient (Wildman–Crippen LogP) is 2.81. The maximum Gasteiger partial charge on any atom is 0.268 e. The van der Waals surface area contributed by atoms with Gasteiger partial charge in [-0.05, 0) is 25.3 Å². The summed E-state index contributed by atoms with van der Waals surface area (Å²) in [6.07, 6.45) is 0.803. The lowest BCUT2D eigenvalue weighted by molar-refractivity contribution is 0.0893. The number of hydrogen-bond donors (Lipinski definition) is 3. The second kappa shape index (κ2) is 5.95. The minimum Gasteiger partial charge on any atom is -0.344 e. The molecule has 0 unspecified atom stereocenters. The van der Waals surface area contributed by atoms with Crippen molar-refractivity contribution in [2.75, 3.05) is 6.54 Å². The van der Waals surface area contributed by atoms with E-state index in [0.29, 0.717) is 23.2 Å². The number of aromatic nitrogens is 1. The average molecular weight is 292 g/mol. The van der Waals surface area contributed by atoms with Crippen molar-refractivity contribution in [2.24, 2.45) is 11.7 Å². The highest BCUT2D eigenvalue weighted by atomic mass is 35.5. The zero-order valence-electron chi connectivity index (χ0n) is 10.8. The lowest BCUT2D eigenvalue weighted by Crippen LogP contribution is -2.52. The van der Waals surface area contributed by atoms with Gasteiger partial charge in [-0.1, -0.05) is 37.0 Å². The molecule has 1 rings (SSSR count).